The van der Waals surface area contributed by atoms with E-state index in [2.05, 4.69) is 32.5 Å². The van der Waals surface area contributed by atoms with Crippen LogP contribution in [0.15, 0.2) is 24.3 Å². The van der Waals surface area contributed by atoms with Crippen LogP contribution in [0.5, 0.6) is 0 Å². The first-order valence-electron chi connectivity index (χ1n) is 10.1. The third-order valence-electron chi connectivity index (χ3n) is 5.77. The second-order valence-corrected chi connectivity index (χ2v) is 7.77. The second-order valence-electron chi connectivity index (χ2n) is 7.77. The molecule has 0 aliphatic heterocycles. The van der Waals surface area contributed by atoms with Crippen LogP contribution in [-0.4, -0.2) is 32.6 Å². The number of imidazole rings is 1. The first-order valence-corrected chi connectivity index (χ1v) is 10.1. The van der Waals surface area contributed by atoms with E-state index in [9.17, 15) is 18.4 Å². The van der Waals surface area contributed by atoms with Gasteiger partial charge in [-0.1, -0.05) is 18.6 Å². The van der Waals surface area contributed by atoms with Gasteiger partial charge in [-0.25, -0.2) is 0 Å². The number of anilines is 2. The highest BCUT2D eigenvalue weighted by atomic mass is 19.4. The molecular weight excluding hydrogens is 407 g/mol. The lowest BCUT2D eigenvalue weighted by Gasteiger charge is -2.32. The van der Waals surface area contributed by atoms with E-state index in [1.807, 2.05) is 10.6 Å². The summed E-state index contributed by atoms with van der Waals surface area (Å²) in [5.41, 5.74) is 0.936. The van der Waals surface area contributed by atoms with Crippen LogP contribution in [-0.2, 0) is 12.7 Å². The number of hydrogen-bond acceptors (Lipinski definition) is 6. The zero-order valence-corrected chi connectivity index (χ0v) is 17.2. The third-order valence-corrected chi connectivity index (χ3v) is 5.77. The van der Waals surface area contributed by atoms with Crippen LogP contribution in [0.25, 0.3) is 11.2 Å². The van der Waals surface area contributed by atoms with Crippen molar-refractivity contribution >= 4 is 22.9 Å². The SMILES string of the molecule is CNc1nc2nc(C#N)nc(N[C@H](C)C3CCC3)c2n1Cc1ccc(C(F)(F)F)cc1. The van der Waals surface area contributed by atoms with E-state index in [4.69, 9.17) is 0 Å². The van der Waals surface area contributed by atoms with E-state index in [-0.39, 0.29) is 18.4 Å². The lowest BCUT2D eigenvalue weighted by molar-refractivity contribution is -0.137. The van der Waals surface area contributed by atoms with Crippen LogP contribution < -0.4 is 10.6 Å². The molecule has 2 heterocycles. The predicted octanol–water partition coefficient (Wildman–Crippen LogP) is 4.41. The molecule has 0 saturated heterocycles. The van der Waals surface area contributed by atoms with Gasteiger partial charge in [-0.05, 0) is 43.4 Å². The van der Waals surface area contributed by atoms with Crippen LogP contribution in [0.3, 0.4) is 0 Å². The van der Waals surface area contributed by atoms with Gasteiger partial charge < -0.3 is 15.2 Å². The van der Waals surface area contributed by atoms with Crippen LogP contribution >= 0.6 is 0 Å². The average Bonchev–Trinajstić information content (AvgIpc) is 3.03. The molecule has 7 nitrogen and oxygen atoms in total. The van der Waals surface area contributed by atoms with E-state index in [0.29, 0.717) is 34.4 Å². The summed E-state index contributed by atoms with van der Waals surface area (Å²) >= 11 is 0. The summed E-state index contributed by atoms with van der Waals surface area (Å²) in [6.45, 7) is 2.35. The molecule has 4 rings (SSSR count). The molecule has 0 unspecified atom stereocenters. The fraction of sp³-hybridized carbons (Fsp3) is 0.429. The van der Waals surface area contributed by atoms with E-state index in [0.717, 1.165) is 25.0 Å². The molecule has 10 heteroatoms. The zero-order valence-electron chi connectivity index (χ0n) is 17.2. The summed E-state index contributed by atoms with van der Waals surface area (Å²) in [5, 5.41) is 15.7. The molecule has 3 aromatic rings. The fourth-order valence-electron chi connectivity index (χ4n) is 3.79. The van der Waals surface area contributed by atoms with Crippen molar-refractivity contribution in [3.8, 4) is 6.07 Å². The van der Waals surface area contributed by atoms with E-state index in [1.54, 1.807) is 7.05 Å². The van der Waals surface area contributed by atoms with Gasteiger partial charge in [0, 0.05) is 13.1 Å². The van der Waals surface area contributed by atoms with Gasteiger partial charge in [-0.15, -0.1) is 0 Å². The highest BCUT2D eigenvalue weighted by molar-refractivity contribution is 5.86. The molecule has 2 aromatic heterocycles. The molecule has 1 aliphatic rings. The largest absolute Gasteiger partial charge is 0.416 e. The Bertz CT molecular complexity index is 1130. The quantitative estimate of drug-likeness (QED) is 0.603. The van der Waals surface area contributed by atoms with Crippen LogP contribution in [0, 0.1) is 17.2 Å². The first-order chi connectivity index (χ1) is 14.8. The molecular formula is C21H22F3N7. The van der Waals surface area contributed by atoms with Gasteiger partial charge in [0.1, 0.15) is 11.6 Å². The van der Waals surface area contributed by atoms with Crippen LogP contribution in [0.4, 0.5) is 24.9 Å². The van der Waals surface area contributed by atoms with Gasteiger partial charge in [0.15, 0.2) is 11.5 Å². The summed E-state index contributed by atoms with van der Waals surface area (Å²) < 4.78 is 40.5. The van der Waals surface area contributed by atoms with Crippen molar-refractivity contribution in [2.45, 2.75) is 44.9 Å². The van der Waals surface area contributed by atoms with Gasteiger partial charge >= 0.3 is 6.18 Å². The van der Waals surface area contributed by atoms with Crippen molar-refractivity contribution in [1.29, 1.82) is 5.26 Å². The molecule has 2 N–H and O–H groups in total. The number of alkyl halides is 3. The number of rotatable bonds is 6. The number of hydrogen-bond donors (Lipinski definition) is 2. The topological polar surface area (TPSA) is 91.5 Å². The first kappa shape index (κ1) is 20.9. The number of benzene rings is 1. The number of nitrogens with one attached hydrogen (secondary N) is 2. The molecule has 1 atom stereocenters. The Labute approximate surface area is 177 Å². The predicted molar refractivity (Wildman–Crippen MR) is 111 cm³/mol. The van der Waals surface area contributed by atoms with Gasteiger partial charge in [0.2, 0.25) is 11.8 Å². The lowest BCUT2D eigenvalue weighted by atomic mass is 9.80. The molecule has 1 aliphatic carbocycles. The van der Waals surface area contributed by atoms with Crippen LogP contribution in [0.2, 0.25) is 0 Å². The standard InChI is InChI=1S/C21H22F3N7/c1-12(14-4-3-5-14)27-18-17-19(29-16(10-25)28-18)30-20(26-2)31(17)11-13-6-8-15(9-7-13)21(22,23)24/h6-9,12,14H,3-5,11H2,1-2H3,(H2,26,27,28,29,30)/t12-/m1/s1. The van der Waals surface area contributed by atoms with Gasteiger partial charge in [0.05, 0.1) is 12.1 Å². The van der Waals surface area contributed by atoms with Gasteiger partial charge in [0.25, 0.3) is 0 Å². The van der Waals surface area contributed by atoms with E-state index < -0.39 is 11.7 Å². The van der Waals surface area contributed by atoms with Crippen molar-refractivity contribution < 1.29 is 13.2 Å². The monoisotopic (exact) mass is 429 g/mol. The maximum Gasteiger partial charge on any atom is 0.416 e. The maximum absolute atomic E-state index is 12.9. The number of halogens is 3. The molecule has 1 aromatic carbocycles. The van der Waals surface area contributed by atoms with Crippen molar-refractivity contribution in [3.63, 3.8) is 0 Å². The zero-order chi connectivity index (χ0) is 22.2. The number of fused-ring (bicyclic) bond motifs is 1. The smallest absolute Gasteiger partial charge is 0.365 e. The maximum atomic E-state index is 12.9. The molecule has 0 spiro atoms. The minimum absolute atomic E-state index is 0.0117. The Morgan fingerprint density at radius 1 is 1.19 bits per heavy atom. The fourth-order valence-corrected chi connectivity index (χ4v) is 3.79. The normalized spacial score (nSPS) is 15.4. The summed E-state index contributed by atoms with van der Waals surface area (Å²) in [4.78, 5) is 13.1. The summed E-state index contributed by atoms with van der Waals surface area (Å²) in [6, 6.07) is 7.15. The summed E-state index contributed by atoms with van der Waals surface area (Å²) in [5.74, 6) is 1.53. The molecule has 1 saturated carbocycles. The molecule has 0 bridgehead atoms. The Balaban J connectivity index is 1.75. The van der Waals surface area contributed by atoms with Crippen molar-refractivity contribution in [2.24, 2.45) is 5.92 Å². The molecule has 1 fully saturated rings. The summed E-state index contributed by atoms with van der Waals surface area (Å²) in [7, 11) is 1.70. The molecule has 31 heavy (non-hydrogen) atoms. The van der Waals surface area contributed by atoms with E-state index in [1.165, 1.54) is 18.6 Å². The number of aromatic nitrogens is 4. The Kier molecular flexibility index (Phi) is 5.43. The van der Waals surface area contributed by atoms with E-state index >= 15 is 0 Å². The molecule has 0 radical (unpaired) electrons. The van der Waals surface area contributed by atoms with Gasteiger partial charge in [-0.3, -0.25) is 0 Å². The number of nitrogens with zero attached hydrogens (tertiary/aromatic N) is 5. The minimum Gasteiger partial charge on any atom is -0.365 e. The number of nitriles is 1. The Morgan fingerprint density at radius 2 is 1.90 bits per heavy atom. The Hall–Kier alpha value is -3.35. The second kappa shape index (κ2) is 8.06. The van der Waals surface area contributed by atoms with Crippen molar-refractivity contribution in [1.82, 2.24) is 19.5 Å². The average molecular weight is 429 g/mol. The minimum atomic E-state index is -4.38. The lowest BCUT2D eigenvalue weighted by Crippen LogP contribution is -2.31. The highest BCUT2D eigenvalue weighted by Gasteiger charge is 2.30. The highest BCUT2D eigenvalue weighted by Crippen LogP contribution is 2.33. The molecule has 162 valence electrons. The summed E-state index contributed by atoms with van der Waals surface area (Å²) in [6.07, 6.45) is -0.901. The van der Waals surface area contributed by atoms with Crippen molar-refractivity contribution in [3.05, 3.63) is 41.2 Å². The van der Waals surface area contributed by atoms with Crippen LogP contribution in [0.1, 0.15) is 43.1 Å². The molecule has 0 amide bonds. The van der Waals surface area contributed by atoms with Crippen molar-refractivity contribution in [2.75, 3.05) is 17.7 Å². The van der Waals surface area contributed by atoms with Gasteiger partial charge in [-0.2, -0.15) is 33.4 Å². The Morgan fingerprint density at radius 3 is 2.45 bits per heavy atom. The third kappa shape index (κ3) is 4.13.